The van der Waals surface area contributed by atoms with Crippen LogP contribution in [0.5, 0.6) is 0 Å². The molecular formula is C16H11N3O5. The lowest BCUT2D eigenvalue weighted by molar-refractivity contribution is -0.385. The Morgan fingerprint density at radius 3 is 2.50 bits per heavy atom. The topological polar surface area (TPSA) is 110 Å². The summed E-state index contributed by atoms with van der Waals surface area (Å²) in [6.07, 6.45) is 0. The molecule has 0 saturated heterocycles. The van der Waals surface area contributed by atoms with Crippen LogP contribution in [0.25, 0.3) is 0 Å². The van der Waals surface area contributed by atoms with Gasteiger partial charge in [0.25, 0.3) is 17.5 Å². The summed E-state index contributed by atoms with van der Waals surface area (Å²) in [5.41, 5.74) is -0.0178. The van der Waals surface area contributed by atoms with Crippen LogP contribution in [0.4, 0.5) is 17.1 Å². The van der Waals surface area contributed by atoms with Gasteiger partial charge in [-0.15, -0.1) is 0 Å². The average Bonchev–Trinajstić information content (AvgIpc) is 2.78. The van der Waals surface area contributed by atoms with Crippen LogP contribution in [-0.2, 0) is 4.79 Å². The first-order chi connectivity index (χ1) is 11.4. The summed E-state index contributed by atoms with van der Waals surface area (Å²) < 4.78 is 0. The third-order valence-corrected chi connectivity index (χ3v) is 3.51. The highest BCUT2D eigenvalue weighted by Gasteiger charge is 2.41. The van der Waals surface area contributed by atoms with E-state index in [0.29, 0.717) is 5.69 Å². The van der Waals surface area contributed by atoms with Crippen molar-refractivity contribution in [3.05, 3.63) is 63.7 Å². The molecule has 3 rings (SSSR count). The Labute approximate surface area is 135 Å². The molecule has 0 aliphatic carbocycles. The molecule has 120 valence electrons. The number of hydrogen-bond donors (Lipinski definition) is 1. The normalized spacial score (nSPS) is 13.0. The first-order valence-corrected chi connectivity index (χ1v) is 6.94. The van der Waals surface area contributed by atoms with Gasteiger partial charge in [0.15, 0.2) is 0 Å². The van der Waals surface area contributed by atoms with E-state index in [1.54, 1.807) is 12.1 Å². The highest BCUT2D eigenvalue weighted by molar-refractivity contribution is 6.35. The van der Waals surface area contributed by atoms with Gasteiger partial charge in [-0.1, -0.05) is 12.1 Å². The SMILES string of the molecule is CC(=O)Nc1cccc(N2C(=O)c3cccc([N+](=O)[O-])c3C2=O)c1. The van der Waals surface area contributed by atoms with Crippen LogP contribution in [0.1, 0.15) is 27.6 Å². The minimum atomic E-state index is -0.762. The number of nitrogens with one attached hydrogen (secondary N) is 1. The lowest BCUT2D eigenvalue weighted by atomic mass is 10.1. The van der Waals surface area contributed by atoms with Crippen LogP contribution in [0.3, 0.4) is 0 Å². The van der Waals surface area contributed by atoms with Crippen LogP contribution < -0.4 is 10.2 Å². The van der Waals surface area contributed by atoms with Gasteiger partial charge in [0.05, 0.1) is 16.2 Å². The van der Waals surface area contributed by atoms with Gasteiger partial charge in [-0.05, 0) is 24.3 Å². The molecule has 0 spiro atoms. The van der Waals surface area contributed by atoms with Crippen LogP contribution >= 0.6 is 0 Å². The number of nitro groups is 1. The Kier molecular flexibility index (Phi) is 3.57. The van der Waals surface area contributed by atoms with Crippen LogP contribution in [-0.4, -0.2) is 22.6 Å². The summed E-state index contributed by atoms with van der Waals surface area (Å²) in [4.78, 5) is 47.5. The van der Waals surface area contributed by atoms with E-state index in [1.165, 1.54) is 37.3 Å². The zero-order valence-corrected chi connectivity index (χ0v) is 12.5. The molecule has 0 unspecified atom stereocenters. The predicted octanol–water partition coefficient (Wildman–Crippen LogP) is 2.35. The van der Waals surface area contributed by atoms with Gasteiger partial charge in [-0.3, -0.25) is 24.5 Å². The predicted molar refractivity (Wildman–Crippen MR) is 85.0 cm³/mol. The summed E-state index contributed by atoms with van der Waals surface area (Å²) in [5.74, 6) is -1.70. The second-order valence-electron chi connectivity index (χ2n) is 5.13. The van der Waals surface area contributed by atoms with Gasteiger partial charge >= 0.3 is 0 Å². The third-order valence-electron chi connectivity index (χ3n) is 3.51. The van der Waals surface area contributed by atoms with Crippen molar-refractivity contribution in [2.75, 3.05) is 10.2 Å². The van der Waals surface area contributed by atoms with Crippen molar-refractivity contribution in [1.82, 2.24) is 0 Å². The molecule has 8 heteroatoms. The van der Waals surface area contributed by atoms with Crippen molar-refractivity contribution in [2.24, 2.45) is 0 Å². The molecule has 3 amide bonds. The van der Waals surface area contributed by atoms with Gasteiger partial charge < -0.3 is 5.32 Å². The number of carbonyl (C=O) groups excluding carboxylic acids is 3. The number of imide groups is 1. The average molecular weight is 325 g/mol. The van der Waals surface area contributed by atoms with E-state index in [-0.39, 0.29) is 22.7 Å². The summed E-state index contributed by atoms with van der Waals surface area (Å²) >= 11 is 0. The molecule has 24 heavy (non-hydrogen) atoms. The molecule has 0 radical (unpaired) electrons. The second-order valence-corrected chi connectivity index (χ2v) is 5.13. The van der Waals surface area contributed by atoms with Crippen molar-refractivity contribution in [3.8, 4) is 0 Å². The molecule has 8 nitrogen and oxygen atoms in total. The summed E-state index contributed by atoms with van der Waals surface area (Å²) in [6.45, 7) is 1.33. The molecule has 1 N–H and O–H groups in total. The molecule has 0 fully saturated rings. The molecular weight excluding hydrogens is 314 g/mol. The van der Waals surface area contributed by atoms with E-state index in [9.17, 15) is 24.5 Å². The summed E-state index contributed by atoms with van der Waals surface area (Å²) in [7, 11) is 0. The monoisotopic (exact) mass is 325 g/mol. The Hall–Kier alpha value is -3.55. The number of nitrogens with zero attached hydrogens (tertiary/aromatic N) is 2. The molecule has 2 aromatic rings. The highest BCUT2D eigenvalue weighted by atomic mass is 16.6. The molecule has 1 aliphatic heterocycles. The number of hydrogen-bond acceptors (Lipinski definition) is 5. The number of fused-ring (bicyclic) bond motifs is 1. The van der Waals surface area contributed by atoms with Gasteiger partial charge in [0.2, 0.25) is 5.91 Å². The smallest absolute Gasteiger partial charge is 0.283 e. The molecule has 1 aliphatic rings. The molecule has 2 aromatic carbocycles. The van der Waals surface area contributed by atoms with Crippen molar-refractivity contribution in [3.63, 3.8) is 0 Å². The lowest BCUT2D eigenvalue weighted by Crippen LogP contribution is -2.29. The van der Waals surface area contributed by atoms with Crippen molar-refractivity contribution >= 4 is 34.8 Å². The van der Waals surface area contributed by atoms with Crippen LogP contribution in [0, 0.1) is 10.1 Å². The largest absolute Gasteiger partial charge is 0.326 e. The Morgan fingerprint density at radius 1 is 1.12 bits per heavy atom. The Balaban J connectivity index is 2.07. The number of amides is 3. The maximum absolute atomic E-state index is 12.6. The molecule has 1 heterocycles. The lowest BCUT2D eigenvalue weighted by Gasteiger charge is -2.15. The second kappa shape index (κ2) is 5.58. The van der Waals surface area contributed by atoms with E-state index in [2.05, 4.69) is 5.32 Å². The van der Waals surface area contributed by atoms with E-state index in [1.807, 2.05) is 0 Å². The zero-order valence-electron chi connectivity index (χ0n) is 12.5. The maximum Gasteiger partial charge on any atom is 0.283 e. The molecule has 0 bridgehead atoms. The minimum absolute atomic E-state index is 0.0147. The quantitative estimate of drug-likeness (QED) is 0.529. The Morgan fingerprint density at radius 2 is 1.83 bits per heavy atom. The summed E-state index contributed by atoms with van der Waals surface area (Å²) in [6, 6.07) is 10.1. The van der Waals surface area contributed by atoms with E-state index < -0.39 is 22.4 Å². The van der Waals surface area contributed by atoms with E-state index >= 15 is 0 Å². The molecule has 0 atom stereocenters. The van der Waals surface area contributed by atoms with Gasteiger partial charge in [0, 0.05) is 18.7 Å². The fourth-order valence-corrected chi connectivity index (χ4v) is 2.58. The van der Waals surface area contributed by atoms with Crippen molar-refractivity contribution in [2.45, 2.75) is 6.92 Å². The molecule has 0 aromatic heterocycles. The minimum Gasteiger partial charge on any atom is -0.326 e. The first kappa shape index (κ1) is 15.3. The van der Waals surface area contributed by atoms with Gasteiger partial charge in [-0.25, -0.2) is 4.90 Å². The van der Waals surface area contributed by atoms with Crippen LogP contribution in [0.2, 0.25) is 0 Å². The van der Waals surface area contributed by atoms with E-state index in [0.717, 1.165) is 4.90 Å². The number of nitro benzene ring substituents is 1. The fourth-order valence-electron chi connectivity index (χ4n) is 2.58. The Bertz CT molecular complexity index is 906. The van der Waals surface area contributed by atoms with E-state index in [4.69, 9.17) is 0 Å². The number of benzene rings is 2. The molecule has 0 saturated carbocycles. The third kappa shape index (κ3) is 2.39. The van der Waals surface area contributed by atoms with Crippen LogP contribution in [0.15, 0.2) is 42.5 Å². The number of carbonyl (C=O) groups is 3. The van der Waals surface area contributed by atoms with Gasteiger partial charge in [0.1, 0.15) is 5.56 Å². The van der Waals surface area contributed by atoms with Crippen molar-refractivity contribution < 1.29 is 19.3 Å². The first-order valence-electron chi connectivity index (χ1n) is 6.94. The fraction of sp³-hybridized carbons (Fsp3) is 0.0625. The zero-order chi connectivity index (χ0) is 17.4. The highest BCUT2D eigenvalue weighted by Crippen LogP contribution is 2.34. The number of anilines is 2. The number of rotatable bonds is 3. The maximum atomic E-state index is 12.6. The van der Waals surface area contributed by atoms with Gasteiger partial charge in [-0.2, -0.15) is 0 Å². The summed E-state index contributed by atoms with van der Waals surface area (Å²) in [5, 5.41) is 13.7. The standard InChI is InChI=1S/C16H11N3O5/c1-9(20)17-10-4-2-5-11(8-10)18-15(21)12-6-3-7-13(19(23)24)14(12)16(18)22/h2-8H,1H3,(H,17,20). The van der Waals surface area contributed by atoms with Crippen molar-refractivity contribution in [1.29, 1.82) is 0 Å².